The summed E-state index contributed by atoms with van der Waals surface area (Å²) >= 11 is 0. The molecule has 148 valence electrons. The molecule has 2 saturated heterocycles. The Morgan fingerprint density at radius 1 is 1.19 bits per heavy atom. The van der Waals surface area contributed by atoms with Gasteiger partial charge in [0.25, 0.3) is 0 Å². The molecule has 6 heteroatoms. The van der Waals surface area contributed by atoms with Crippen LogP contribution >= 0.6 is 0 Å². The van der Waals surface area contributed by atoms with Crippen molar-refractivity contribution in [3.8, 4) is 0 Å². The number of benzene rings is 1. The van der Waals surface area contributed by atoms with Gasteiger partial charge >= 0.3 is 0 Å². The number of nitrogens with zero attached hydrogens (tertiary/aromatic N) is 2. The molecule has 2 aliphatic heterocycles. The highest BCUT2D eigenvalue weighted by Crippen LogP contribution is 2.20. The van der Waals surface area contributed by atoms with E-state index in [0.29, 0.717) is 19.0 Å². The van der Waals surface area contributed by atoms with E-state index in [1.165, 1.54) is 5.56 Å². The van der Waals surface area contributed by atoms with Crippen molar-refractivity contribution < 1.29 is 9.59 Å². The van der Waals surface area contributed by atoms with E-state index in [1.807, 2.05) is 23.1 Å². The second kappa shape index (κ2) is 9.85. The van der Waals surface area contributed by atoms with Gasteiger partial charge in [0.2, 0.25) is 11.8 Å². The van der Waals surface area contributed by atoms with Crippen LogP contribution in [0.15, 0.2) is 30.3 Å². The predicted molar refractivity (Wildman–Crippen MR) is 107 cm³/mol. The van der Waals surface area contributed by atoms with Crippen molar-refractivity contribution in [2.24, 2.45) is 0 Å². The van der Waals surface area contributed by atoms with Crippen LogP contribution in [0.25, 0.3) is 0 Å². The van der Waals surface area contributed by atoms with Crippen molar-refractivity contribution in [1.29, 1.82) is 0 Å². The van der Waals surface area contributed by atoms with Crippen molar-refractivity contribution >= 4 is 11.8 Å². The number of nitrogens with one attached hydrogen (secondary N) is 2. The summed E-state index contributed by atoms with van der Waals surface area (Å²) in [7, 11) is 0. The minimum absolute atomic E-state index is 0.0180. The molecule has 27 heavy (non-hydrogen) atoms. The van der Waals surface area contributed by atoms with Crippen LogP contribution < -0.4 is 10.6 Å². The maximum Gasteiger partial charge on any atom is 0.240 e. The Labute approximate surface area is 162 Å². The van der Waals surface area contributed by atoms with Crippen molar-refractivity contribution in [1.82, 2.24) is 20.4 Å². The highest BCUT2D eigenvalue weighted by atomic mass is 16.2. The number of piperazine rings is 1. The molecule has 0 aromatic heterocycles. The maximum absolute atomic E-state index is 12.8. The summed E-state index contributed by atoms with van der Waals surface area (Å²) in [5.41, 5.74) is 1.26. The molecular weight excluding hydrogens is 340 g/mol. The number of amides is 2. The fourth-order valence-corrected chi connectivity index (χ4v) is 4.09. The Morgan fingerprint density at radius 3 is 2.63 bits per heavy atom. The van der Waals surface area contributed by atoms with Crippen molar-refractivity contribution in [2.45, 2.75) is 38.1 Å². The van der Waals surface area contributed by atoms with Gasteiger partial charge in [-0.05, 0) is 31.4 Å². The monoisotopic (exact) mass is 372 g/mol. The van der Waals surface area contributed by atoms with E-state index in [2.05, 4.69) is 34.6 Å². The average molecular weight is 373 g/mol. The van der Waals surface area contributed by atoms with E-state index < -0.39 is 0 Å². The fourth-order valence-electron chi connectivity index (χ4n) is 4.09. The van der Waals surface area contributed by atoms with E-state index in [9.17, 15) is 9.59 Å². The summed E-state index contributed by atoms with van der Waals surface area (Å²) in [5, 5.41) is 6.36. The summed E-state index contributed by atoms with van der Waals surface area (Å²) in [6.45, 7) is 7.18. The lowest BCUT2D eigenvalue weighted by atomic mass is 9.96. The zero-order valence-electron chi connectivity index (χ0n) is 16.3. The molecule has 2 amide bonds. The summed E-state index contributed by atoms with van der Waals surface area (Å²) in [4.78, 5) is 29.3. The van der Waals surface area contributed by atoms with Crippen LogP contribution in [0.1, 0.15) is 37.7 Å². The van der Waals surface area contributed by atoms with Gasteiger partial charge in [0.1, 0.15) is 0 Å². The first kappa shape index (κ1) is 19.8. The molecule has 0 radical (unpaired) electrons. The van der Waals surface area contributed by atoms with E-state index >= 15 is 0 Å². The molecule has 2 fully saturated rings. The summed E-state index contributed by atoms with van der Waals surface area (Å²) < 4.78 is 0. The van der Waals surface area contributed by atoms with Crippen LogP contribution in [0.4, 0.5) is 0 Å². The first-order valence-corrected chi connectivity index (χ1v) is 10.2. The number of rotatable bonds is 7. The smallest absolute Gasteiger partial charge is 0.240 e. The summed E-state index contributed by atoms with van der Waals surface area (Å²) in [5.74, 6) is 0.536. The van der Waals surface area contributed by atoms with Gasteiger partial charge in [-0.1, -0.05) is 37.3 Å². The normalized spacial score (nSPS) is 21.8. The van der Waals surface area contributed by atoms with Crippen LogP contribution in [0, 0.1) is 0 Å². The summed E-state index contributed by atoms with van der Waals surface area (Å²) in [6, 6.07) is 10.2. The minimum atomic E-state index is -0.134. The zero-order chi connectivity index (χ0) is 19.1. The number of hydrogen-bond acceptors (Lipinski definition) is 4. The zero-order valence-corrected chi connectivity index (χ0v) is 16.3. The molecule has 0 spiro atoms. The van der Waals surface area contributed by atoms with Gasteiger partial charge in [-0.25, -0.2) is 0 Å². The standard InChI is InChI=1S/C21H32N4O2/c1-2-17(18-7-4-3-5-8-18)15-23-20(26)16-25-12-6-9-19(25)21(27)24-13-10-22-11-14-24/h3-5,7-8,17,19,22H,2,6,9-16H2,1H3,(H,23,26)/t17?,19-/m1/s1. The van der Waals surface area contributed by atoms with Crippen molar-refractivity contribution in [3.05, 3.63) is 35.9 Å². The topological polar surface area (TPSA) is 64.7 Å². The molecular formula is C21H32N4O2. The minimum Gasteiger partial charge on any atom is -0.354 e. The molecule has 2 N–H and O–H groups in total. The average Bonchev–Trinajstić information content (AvgIpc) is 3.17. The Balaban J connectivity index is 1.49. The lowest BCUT2D eigenvalue weighted by Gasteiger charge is -2.32. The van der Waals surface area contributed by atoms with Crippen LogP contribution in [0.2, 0.25) is 0 Å². The van der Waals surface area contributed by atoms with Gasteiger partial charge in [-0.2, -0.15) is 0 Å². The van der Waals surface area contributed by atoms with E-state index in [0.717, 1.165) is 52.0 Å². The summed E-state index contributed by atoms with van der Waals surface area (Å²) in [6.07, 6.45) is 2.83. The first-order chi connectivity index (χ1) is 13.2. The Kier molecular flexibility index (Phi) is 7.24. The lowest BCUT2D eigenvalue weighted by Crippen LogP contribution is -2.53. The SMILES string of the molecule is CCC(CNC(=O)CN1CCC[C@@H]1C(=O)N1CCNCC1)c1ccccc1. The predicted octanol–water partition coefficient (Wildman–Crippen LogP) is 1.19. The lowest BCUT2D eigenvalue weighted by molar-refractivity contribution is -0.137. The van der Waals surface area contributed by atoms with Gasteiger partial charge in [0.15, 0.2) is 0 Å². The van der Waals surface area contributed by atoms with Crippen molar-refractivity contribution in [2.75, 3.05) is 45.8 Å². The first-order valence-electron chi connectivity index (χ1n) is 10.2. The third-order valence-corrected chi connectivity index (χ3v) is 5.73. The molecule has 2 aliphatic rings. The molecule has 0 saturated carbocycles. The highest BCUT2D eigenvalue weighted by molar-refractivity contribution is 5.84. The van der Waals surface area contributed by atoms with Gasteiger partial charge in [0, 0.05) is 38.6 Å². The van der Waals surface area contributed by atoms with Gasteiger partial charge in [-0.3, -0.25) is 14.5 Å². The Hall–Kier alpha value is -1.92. The van der Waals surface area contributed by atoms with Crippen molar-refractivity contribution in [3.63, 3.8) is 0 Å². The fraction of sp³-hybridized carbons (Fsp3) is 0.619. The second-order valence-electron chi connectivity index (χ2n) is 7.52. The van der Waals surface area contributed by atoms with E-state index in [1.54, 1.807) is 0 Å². The molecule has 0 bridgehead atoms. The molecule has 3 rings (SSSR count). The van der Waals surface area contributed by atoms with E-state index in [4.69, 9.17) is 0 Å². The third kappa shape index (κ3) is 5.30. The number of hydrogen-bond donors (Lipinski definition) is 2. The molecule has 2 heterocycles. The molecule has 2 atom stereocenters. The highest BCUT2D eigenvalue weighted by Gasteiger charge is 2.34. The van der Waals surface area contributed by atoms with Crippen LogP contribution in [-0.2, 0) is 9.59 Å². The van der Waals surface area contributed by atoms with Gasteiger partial charge < -0.3 is 15.5 Å². The number of carbonyl (C=O) groups is 2. The largest absolute Gasteiger partial charge is 0.354 e. The van der Waals surface area contributed by atoms with Crippen LogP contribution in [-0.4, -0.2) is 73.5 Å². The number of likely N-dealkylation sites (tertiary alicyclic amines) is 1. The Bertz CT molecular complexity index is 616. The third-order valence-electron chi connectivity index (χ3n) is 5.73. The quantitative estimate of drug-likeness (QED) is 0.755. The molecule has 1 aromatic carbocycles. The molecule has 1 unspecified atom stereocenters. The molecule has 6 nitrogen and oxygen atoms in total. The van der Waals surface area contributed by atoms with Gasteiger partial charge in [-0.15, -0.1) is 0 Å². The second-order valence-corrected chi connectivity index (χ2v) is 7.52. The van der Waals surface area contributed by atoms with E-state index in [-0.39, 0.29) is 17.9 Å². The Morgan fingerprint density at radius 2 is 1.93 bits per heavy atom. The van der Waals surface area contributed by atoms with Crippen LogP contribution in [0.5, 0.6) is 0 Å². The maximum atomic E-state index is 12.8. The number of carbonyl (C=O) groups excluding carboxylic acids is 2. The molecule has 0 aliphatic carbocycles. The van der Waals surface area contributed by atoms with Gasteiger partial charge in [0.05, 0.1) is 12.6 Å². The molecule has 1 aromatic rings. The van der Waals surface area contributed by atoms with Crippen LogP contribution in [0.3, 0.4) is 0 Å².